The van der Waals surface area contributed by atoms with Crippen molar-refractivity contribution in [1.82, 2.24) is 24.8 Å². The first-order valence-electron chi connectivity index (χ1n) is 9.47. The number of hydrogen-bond acceptors (Lipinski definition) is 5. The maximum atomic E-state index is 12.8. The Morgan fingerprint density at radius 2 is 1.89 bits per heavy atom. The lowest BCUT2D eigenvalue weighted by Gasteiger charge is -2.09. The second-order valence-corrected chi connectivity index (χ2v) is 7.41. The van der Waals surface area contributed by atoms with Gasteiger partial charge < -0.3 is 14.8 Å². The topological polar surface area (TPSA) is 75.9 Å². The van der Waals surface area contributed by atoms with Gasteiger partial charge in [-0.15, -0.1) is 0 Å². The van der Waals surface area contributed by atoms with Gasteiger partial charge in [0.15, 0.2) is 0 Å². The molecule has 0 unspecified atom stereocenters. The summed E-state index contributed by atoms with van der Waals surface area (Å²) in [7, 11) is 3.82. The zero-order chi connectivity index (χ0) is 19.5. The number of rotatable bonds is 7. The van der Waals surface area contributed by atoms with Crippen LogP contribution in [0.5, 0.6) is 0 Å². The summed E-state index contributed by atoms with van der Waals surface area (Å²) in [6.45, 7) is 1.35. The van der Waals surface area contributed by atoms with Gasteiger partial charge in [0.1, 0.15) is 5.69 Å². The highest BCUT2D eigenvalue weighted by atomic mass is 16.1. The smallest absolute Gasteiger partial charge is 0.268 e. The molecule has 0 saturated heterocycles. The molecule has 144 valence electrons. The standard InChI is InChI=1S/C21H24N6O/c1-26(2)21-24-11-18(12-25-21)17-9-19(27(14-17)13-16-3-4-16)20(28)23-10-15-5-7-22-8-6-15/h5-9,11-12,14,16H,3-4,10,13H2,1-2H3,(H,23,28). The largest absolute Gasteiger partial charge is 0.347 e. The van der Waals surface area contributed by atoms with Crippen LogP contribution in [0.25, 0.3) is 11.1 Å². The quantitative estimate of drug-likeness (QED) is 0.686. The third-order valence-electron chi connectivity index (χ3n) is 4.85. The summed E-state index contributed by atoms with van der Waals surface area (Å²) in [5.41, 5.74) is 3.56. The molecular weight excluding hydrogens is 352 g/mol. The van der Waals surface area contributed by atoms with Crippen LogP contribution < -0.4 is 10.2 Å². The summed E-state index contributed by atoms with van der Waals surface area (Å²) in [5.74, 6) is 1.25. The Hall–Kier alpha value is -3.22. The van der Waals surface area contributed by atoms with Gasteiger partial charge in [-0.25, -0.2) is 9.97 Å². The van der Waals surface area contributed by atoms with Crippen LogP contribution in [0.3, 0.4) is 0 Å². The van der Waals surface area contributed by atoms with Gasteiger partial charge in [-0.05, 0) is 42.5 Å². The van der Waals surface area contributed by atoms with Crippen molar-refractivity contribution in [3.8, 4) is 11.1 Å². The fourth-order valence-electron chi connectivity index (χ4n) is 3.06. The Morgan fingerprint density at radius 1 is 1.18 bits per heavy atom. The summed E-state index contributed by atoms with van der Waals surface area (Å²) in [6, 6.07) is 5.73. The number of aromatic nitrogens is 4. The maximum absolute atomic E-state index is 12.8. The van der Waals surface area contributed by atoms with Gasteiger partial charge >= 0.3 is 0 Å². The fourth-order valence-corrected chi connectivity index (χ4v) is 3.06. The molecule has 0 aromatic carbocycles. The van der Waals surface area contributed by atoms with Gasteiger partial charge in [-0.3, -0.25) is 9.78 Å². The Balaban J connectivity index is 1.55. The minimum atomic E-state index is -0.0745. The van der Waals surface area contributed by atoms with E-state index in [-0.39, 0.29) is 5.91 Å². The molecule has 7 nitrogen and oxygen atoms in total. The summed E-state index contributed by atoms with van der Waals surface area (Å²) < 4.78 is 2.06. The van der Waals surface area contributed by atoms with E-state index in [9.17, 15) is 4.79 Å². The van der Waals surface area contributed by atoms with Gasteiger partial charge in [0, 0.05) is 69.3 Å². The third-order valence-corrected chi connectivity index (χ3v) is 4.85. The Kier molecular flexibility index (Phi) is 5.06. The van der Waals surface area contributed by atoms with E-state index in [4.69, 9.17) is 0 Å². The van der Waals surface area contributed by atoms with Crippen LogP contribution in [-0.4, -0.2) is 39.5 Å². The van der Waals surface area contributed by atoms with Crippen molar-refractivity contribution < 1.29 is 4.79 Å². The van der Waals surface area contributed by atoms with Crippen LogP contribution in [0.1, 0.15) is 28.9 Å². The number of pyridine rings is 1. The lowest BCUT2D eigenvalue weighted by Crippen LogP contribution is -2.25. The minimum absolute atomic E-state index is 0.0745. The van der Waals surface area contributed by atoms with Crippen molar-refractivity contribution in [2.24, 2.45) is 5.92 Å². The van der Waals surface area contributed by atoms with Gasteiger partial charge in [-0.1, -0.05) is 0 Å². The molecule has 0 spiro atoms. The first-order chi connectivity index (χ1) is 13.6. The zero-order valence-corrected chi connectivity index (χ0v) is 16.2. The Morgan fingerprint density at radius 3 is 2.54 bits per heavy atom. The number of anilines is 1. The third kappa shape index (κ3) is 4.19. The van der Waals surface area contributed by atoms with Crippen LogP contribution >= 0.6 is 0 Å². The predicted octanol–water partition coefficient (Wildman–Crippen LogP) is 2.75. The molecule has 1 saturated carbocycles. The summed E-state index contributed by atoms with van der Waals surface area (Å²) in [6.07, 6.45) is 11.6. The Bertz CT molecular complexity index is 945. The SMILES string of the molecule is CN(C)c1ncc(-c2cc(C(=O)NCc3ccncc3)n(CC3CC3)c2)cn1. The van der Waals surface area contributed by atoms with E-state index >= 15 is 0 Å². The molecule has 4 rings (SSSR count). The van der Waals surface area contributed by atoms with E-state index < -0.39 is 0 Å². The van der Waals surface area contributed by atoms with Crippen molar-refractivity contribution in [1.29, 1.82) is 0 Å². The minimum Gasteiger partial charge on any atom is -0.347 e. The number of carbonyl (C=O) groups is 1. The predicted molar refractivity (Wildman–Crippen MR) is 108 cm³/mol. The molecule has 0 radical (unpaired) electrons. The Labute approximate surface area is 164 Å². The normalized spacial score (nSPS) is 13.4. The van der Waals surface area contributed by atoms with Crippen LogP contribution in [0, 0.1) is 5.92 Å². The molecule has 3 aromatic heterocycles. The molecule has 7 heteroatoms. The van der Waals surface area contributed by atoms with E-state index in [1.54, 1.807) is 24.8 Å². The van der Waals surface area contributed by atoms with Gasteiger partial charge in [0.2, 0.25) is 5.95 Å². The molecule has 1 aliphatic rings. The average Bonchev–Trinajstić information content (AvgIpc) is 3.43. The van der Waals surface area contributed by atoms with Crippen LogP contribution in [0.15, 0.2) is 49.2 Å². The lowest BCUT2D eigenvalue weighted by atomic mass is 10.2. The summed E-state index contributed by atoms with van der Waals surface area (Å²) in [5, 5.41) is 3.01. The molecule has 3 heterocycles. The fraction of sp³-hybridized carbons (Fsp3) is 0.333. The van der Waals surface area contributed by atoms with Crippen molar-refractivity contribution >= 4 is 11.9 Å². The van der Waals surface area contributed by atoms with E-state index in [2.05, 4.69) is 24.8 Å². The number of nitrogens with one attached hydrogen (secondary N) is 1. The van der Waals surface area contributed by atoms with E-state index in [1.165, 1.54) is 12.8 Å². The highest BCUT2D eigenvalue weighted by Crippen LogP contribution is 2.32. The van der Waals surface area contributed by atoms with Crippen LogP contribution in [0.2, 0.25) is 0 Å². The number of amides is 1. The average molecular weight is 376 g/mol. The zero-order valence-electron chi connectivity index (χ0n) is 16.2. The molecule has 0 aliphatic heterocycles. The first kappa shape index (κ1) is 18.2. The second-order valence-electron chi connectivity index (χ2n) is 7.41. The molecular formula is C21H24N6O. The second kappa shape index (κ2) is 7.80. The molecule has 1 fully saturated rings. The van der Waals surface area contributed by atoms with Crippen molar-refractivity contribution in [3.63, 3.8) is 0 Å². The van der Waals surface area contributed by atoms with E-state index in [1.807, 2.05) is 43.4 Å². The van der Waals surface area contributed by atoms with Gasteiger partial charge in [-0.2, -0.15) is 0 Å². The van der Waals surface area contributed by atoms with Crippen molar-refractivity contribution in [2.45, 2.75) is 25.9 Å². The highest BCUT2D eigenvalue weighted by molar-refractivity contribution is 5.94. The molecule has 28 heavy (non-hydrogen) atoms. The monoisotopic (exact) mass is 376 g/mol. The first-order valence-corrected chi connectivity index (χ1v) is 9.47. The summed E-state index contributed by atoms with van der Waals surface area (Å²) >= 11 is 0. The van der Waals surface area contributed by atoms with Crippen LogP contribution in [0.4, 0.5) is 5.95 Å². The number of hydrogen-bond donors (Lipinski definition) is 1. The van der Waals surface area contributed by atoms with Crippen molar-refractivity contribution in [3.05, 3.63) is 60.4 Å². The molecule has 3 aromatic rings. The van der Waals surface area contributed by atoms with Gasteiger partial charge in [0.25, 0.3) is 5.91 Å². The number of nitrogens with zero attached hydrogens (tertiary/aromatic N) is 5. The molecule has 0 atom stereocenters. The van der Waals surface area contributed by atoms with Crippen LogP contribution in [-0.2, 0) is 13.1 Å². The van der Waals surface area contributed by atoms with Crippen molar-refractivity contribution in [2.75, 3.05) is 19.0 Å². The molecule has 0 bridgehead atoms. The molecule has 1 aliphatic carbocycles. The molecule has 1 amide bonds. The summed E-state index contributed by atoms with van der Waals surface area (Å²) in [4.78, 5) is 27.5. The highest BCUT2D eigenvalue weighted by Gasteiger charge is 2.24. The number of carbonyl (C=O) groups excluding carboxylic acids is 1. The molecule has 1 N–H and O–H groups in total. The van der Waals surface area contributed by atoms with E-state index in [0.717, 1.165) is 23.2 Å². The lowest BCUT2D eigenvalue weighted by molar-refractivity contribution is 0.0941. The maximum Gasteiger partial charge on any atom is 0.268 e. The van der Waals surface area contributed by atoms with E-state index in [0.29, 0.717) is 24.1 Å². The van der Waals surface area contributed by atoms with Gasteiger partial charge in [0.05, 0.1) is 0 Å².